The summed E-state index contributed by atoms with van der Waals surface area (Å²) in [5.41, 5.74) is 0.715. The van der Waals surface area contributed by atoms with Crippen molar-refractivity contribution in [2.45, 2.75) is 6.54 Å². The summed E-state index contributed by atoms with van der Waals surface area (Å²) in [7, 11) is 0. The van der Waals surface area contributed by atoms with Crippen LogP contribution in [0.1, 0.15) is 11.1 Å². The lowest BCUT2D eigenvalue weighted by Gasteiger charge is -2.13. The Hall–Kier alpha value is -3.65. The number of carbonyl (C=O) groups is 2. The Morgan fingerprint density at radius 1 is 1.03 bits per heavy atom. The number of nitro groups is 1. The van der Waals surface area contributed by atoms with Crippen LogP contribution in [0.4, 0.5) is 10.5 Å². The lowest BCUT2D eigenvalue weighted by Crippen LogP contribution is -2.27. The molecule has 0 saturated carbocycles. The van der Waals surface area contributed by atoms with Gasteiger partial charge in [0.25, 0.3) is 11.1 Å². The van der Waals surface area contributed by atoms with Gasteiger partial charge in [0.1, 0.15) is 0 Å². The zero-order valence-electron chi connectivity index (χ0n) is 14.9. The highest BCUT2D eigenvalue weighted by molar-refractivity contribution is 8.18. The summed E-state index contributed by atoms with van der Waals surface area (Å²) in [5.74, 6) is -0.916. The Morgan fingerprint density at radius 3 is 2.55 bits per heavy atom. The van der Waals surface area contributed by atoms with Crippen LogP contribution >= 0.6 is 11.8 Å². The van der Waals surface area contributed by atoms with E-state index >= 15 is 0 Å². The largest absolute Gasteiger partial charge is 0.502 e. The molecule has 1 fully saturated rings. The molecule has 7 nitrogen and oxygen atoms in total. The molecule has 0 bridgehead atoms. The van der Waals surface area contributed by atoms with E-state index < -0.39 is 27.5 Å². The molecule has 4 rings (SSSR count). The predicted octanol–water partition coefficient (Wildman–Crippen LogP) is 4.69. The van der Waals surface area contributed by atoms with Crippen molar-refractivity contribution in [3.63, 3.8) is 0 Å². The first kappa shape index (κ1) is 18.7. The average Bonchev–Trinajstić information content (AvgIpc) is 2.96. The number of carbonyl (C=O) groups excluding carboxylic acids is 2. The Bertz CT molecular complexity index is 1200. The summed E-state index contributed by atoms with van der Waals surface area (Å²) >= 11 is 0.784. The minimum Gasteiger partial charge on any atom is -0.502 e. The first-order chi connectivity index (χ1) is 13.9. The maximum absolute atomic E-state index is 12.7. The Labute approximate surface area is 169 Å². The molecule has 1 aliphatic rings. The van der Waals surface area contributed by atoms with Crippen LogP contribution in [0.3, 0.4) is 0 Å². The van der Waals surface area contributed by atoms with Crippen molar-refractivity contribution in [1.29, 1.82) is 0 Å². The van der Waals surface area contributed by atoms with E-state index in [0.29, 0.717) is 5.56 Å². The Kier molecular flexibility index (Phi) is 4.77. The second kappa shape index (κ2) is 7.40. The van der Waals surface area contributed by atoms with Crippen molar-refractivity contribution >= 4 is 45.4 Å². The minimum atomic E-state index is -0.710. The number of rotatable bonds is 4. The van der Waals surface area contributed by atoms with Gasteiger partial charge >= 0.3 is 5.69 Å². The number of fused-ring (bicyclic) bond motifs is 1. The third-order valence-electron chi connectivity index (χ3n) is 4.52. The zero-order valence-corrected chi connectivity index (χ0v) is 15.8. The van der Waals surface area contributed by atoms with Gasteiger partial charge < -0.3 is 5.11 Å². The molecule has 0 radical (unpaired) electrons. The fourth-order valence-electron chi connectivity index (χ4n) is 3.08. The number of thioether (sulfide) groups is 1. The summed E-state index contributed by atoms with van der Waals surface area (Å²) in [6, 6.07) is 17.3. The first-order valence-corrected chi connectivity index (χ1v) is 9.44. The molecule has 0 atom stereocenters. The van der Waals surface area contributed by atoms with Gasteiger partial charge in [0.15, 0.2) is 5.75 Å². The van der Waals surface area contributed by atoms with E-state index in [-0.39, 0.29) is 11.4 Å². The van der Waals surface area contributed by atoms with Gasteiger partial charge in [0.05, 0.1) is 16.4 Å². The van der Waals surface area contributed by atoms with Crippen molar-refractivity contribution in [3.05, 3.63) is 86.8 Å². The molecule has 1 N–H and O–H groups in total. The maximum atomic E-state index is 12.7. The lowest BCUT2D eigenvalue weighted by atomic mass is 10.1. The molecule has 8 heteroatoms. The number of amides is 2. The second-order valence-corrected chi connectivity index (χ2v) is 7.45. The molecular weight excluding hydrogens is 392 g/mol. The van der Waals surface area contributed by atoms with Crippen molar-refractivity contribution in [2.75, 3.05) is 0 Å². The number of hydrogen-bond acceptors (Lipinski definition) is 6. The van der Waals surface area contributed by atoms with Gasteiger partial charge in [-0.25, -0.2) is 0 Å². The molecule has 1 heterocycles. The van der Waals surface area contributed by atoms with Gasteiger partial charge in [0.2, 0.25) is 0 Å². The van der Waals surface area contributed by atoms with E-state index in [1.165, 1.54) is 18.2 Å². The van der Waals surface area contributed by atoms with E-state index in [2.05, 4.69) is 0 Å². The molecule has 1 aliphatic heterocycles. The zero-order chi connectivity index (χ0) is 20.5. The molecule has 144 valence electrons. The van der Waals surface area contributed by atoms with Gasteiger partial charge in [-0.15, -0.1) is 0 Å². The standard InChI is InChI=1S/C21H14N2O5S/c24-18-8-6-13(10-17(18)23(27)28)11-19-20(25)22(21(26)29-19)12-14-5-7-15-3-1-2-4-16(15)9-14/h1-11,24H,12H2/b19-11+. The van der Waals surface area contributed by atoms with Gasteiger partial charge in [0, 0.05) is 6.07 Å². The summed E-state index contributed by atoms with van der Waals surface area (Å²) in [6.07, 6.45) is 1.41. The SMILES string of the molecule is O=C1S/C(=C/c2ccc(O)c([N+](=O)[O-])c2)C(=O)N1Cc1ccc2ccccc2c1. The third kappa shape index (κ3) is 3.70. The van der Waals surface area contributed by atoms with Crippen LogP contribution in [0.5, 0.6) is 5.75 Å². The Morgan fingerprint density at radius 2 is 1.79 bits per heavy atom. The predicted molar refractivity (Wildman–Crippen MR) is 110 cm³/mol. The lowest BCUT2D eigenvalue weighted by molar-refractivity contribution is -0.385. The van der Waals surface area contributed by atoms with Crippen LogP contribution in [0, 0.1) is 10.1 Å². The Balaban J connectivity index is 1.59. The van der Waals surface area contributed by atoms with Crippen molar-refractivity contribution in [2.24, 2.45) is 0 Å². The topological polar surface area (TPSA) is 101 Å². The number of aromatic hydroxyl groups is 1. The molecule has 0 aliphatic carbocycles. The fraction of sp³-hybridized carbons (Fsp3) is 0.0476. The molecule has 3 aromatic carbocycles. The highest BCUT2D eigenvalue weighted by Gasteiger charge is 2.35. The molecule has 1 saturated heterocycles. The molecule has 2 amide bonds. The van der Waals surface area contributed by atoms with Crippen LogP contribution in [0.2, 0.25) is 0 Å². The number of benzene rings is 3. The number of nitrogens with zero attached hydrogens (tertiary/aromatic N) is 2. The number of nitro benzene ring substituents is 1. The third-order valence-corrected chi connectivity index (χ3v) is 5.43. The fourth-order valence-corrected chi connectivity index (χ4v) is 3.92. The van der Waals surface area contributed by atoms with Crippen molar-refractivity contribution in [1.82, 2.24) is 4.90 Å². The van der Waals surface area contributed by atoms with Gasteiger partial charge in [-0.1, -0.05) is 42.5 Å². The smallest absolute Gasteiger partial charge is 0.311 e. The highest BCUT2D eigenvalue weighted by Crippen LogP contribution is 2.35. The normalized spacial score (nSPS) is 15.4. The van der Waals surface area contributed by atoms with E-state index in [4.69, 9.17) is 0 Å². The summed E-state index contributed by atoms with van der Waals surface area (Å²) < 4.78 is 0. The minimum absolute atomic E-state index is 0.141. The van der Waals surface area contributed by atoms with Crippen LogP contribution in [-0.2, 0) is 11.3 Å². The van der Waals surface area contributed by atoms with Gasteiger partial charge in [-0.3, -0.25) is 24.6 Å². The quantitative estimate of drug-likeness (QED) is 0.383. The van der Waals surface area contributed by atoms with E-state index in [1.807, 2.05) is 42.5 Å². The molecule has 0 aromatic heterocycles. The molecule has 0 spiro atoms. The van der Waals surface area contributed by atoms with E-state index in [0.717, 1.165) is 39.1 Å². The summed E-state index contributed by atoms with van der Waals surface area (Å²) in [6.45, 7) is 0.141. The van der Waals surface area contributed by atoms with Crippen molar-refractivity contribution in [3.8, 4) is 5.75 Å². The second-order valence-electron chi connectivity index (χ2n) is 6.45. The summed E-state index contributed by atoms with van der Waals surface area (Å²) in [5, 5.41) is 22.2. The monoisotopic (exact) mass is 406 g/mol. The van der Waals surface area contributed by atoms with Crippen LogP contribution in [0.15, 0.2) is 65.6 Å². The van der Waals surface area contributed by atoms with E-state index in [1.54, 1.807) is 0 Å². The number of imide groups is 1. The maximum Gasteiger partial charge on any atom is 0.311 e. The summed E-state index contributed by atoms with van der Waals surface area (Å²) in [4.78, 5) is 36.6. The highest BCUT2D eigenvalue weighted by atomic mass is 32.2. The van der Waals surface area contributed by atoms with Gasteiger partial charge in [-0.2, -0.15) is 0 Å². The van der Waals surface area contributed by atoms with Crippen molar-refractivity contribution < 1.29 is 19.6 Å². The number of phenols is 1. The van der Waals surface area contributed by atoms with Crippen LogP contribution < -0.4 is 0 Å². The number of phenolic OH excluding ortho intramolecular Hbond substituents is 1. The molecule has 0 unspecified atom stereocenters. The first-order valence-electron chi connectivity index (χ1n) is 8.63. The van der Waals surface area contributed by atoms with Gasteiger partial charge in [-0.05, 0) is 51.9 Å². The molecule has 3 aromatic rings. The van der Waals surface area contributed by atoms with E-state index in [9.17, 15) is 24.8 Å². The van der Waals surface area contributed by atoms with Crippen LogP contribution in [-0.4, -0.2) is 26.1 Å². The average molecular weight is 406 g/mol. The van der Waals surface area contributed by atoms with Crippen LogP contribution in [0.25, 0.3) is 16.8 Å². The number of hydrogen-bond donors (Lipinski definition) is 1. The molecule has 29 heavy (non-hydrogen) atoms. The molecular formula is C21H14N2O5S.